The van der Waals surface area contributed by atoms with Gasteiger partial charge in [0.05, 0.1) is 30.1 Å². The Morgan fingerprint density at radius 2 is 1.96 bits per heavy atom. The van der Waals surface area contributed by atoms with Crippen LogP contribution in [0.1, 0.15) is 38.7 Å². The lowest BCUT2D eigenvalue weighted by Crippen LogP contribution is -2.82. The molecule has 10 atom stereocenters. The predicted octanol–water partition coefficient (Wildman–Crippen LogP) is 2.09. The normalized spacial score (nSPS) is 55.3. The molecule has 4 nitrogen and oxygen atoms in total. The van der Waals surface area contributed by atoms with E-state index in [9.17, 15) is 10.2 Å². The number of anilines is 1. The second-order valence-electron chi connectivity index (χ2n) is 9.67. The molecule has 4 saturated heterocycles. The lowest BCUT2D eigenvalue weighted by Gasteiger charge is -2.67. The number of nitrogens with zero attached hydrogens (tertiary/aromatic N) is 2. The third kappa shape index (κ3) is 1.30. The van der Waals surface area contributed by atoms with E-state index >= 15 is 0 Å². The third-order valence-electron chi connectivity index (χ3n) is 9.67. The van der Waals surface area contributed by atoms with Crippen LogP contribution in [0.5, 0.6) is 0 Å². The summed E-state index contributed by atoms with van der Waals surface area (Å²) in [6.45, 7) is 5.48. The minimum Gasteiger partial charge on any atom is -0.392 e. The Morgan fingerprint density at radius 3 is 2.69 bits per heavy atom. The Morgan fingerprint density at radius 1 is 1.19 bits per heavy atom. The first-order valence-corrected chi connectivity index (χ1v) is 10.6. The van der Waals surface area contributed by atoms with Crippen molar-refractivity contribution in [2.75, 3.05) is 18.5 Å². The highest BCUT2D eigenvalue weighted by molar-refractivity contribution is 5.66. The van der Waals surface area contributed by atoms with Crippen LogP contribution < -0.4 is 4.90 Å². The summed E-state index contributed by atoms with van der Waals surface area (Å²) in [5.74, 6) is 1.18. The number of likely N-dealkylation sites (N-methyl/N-ethyl adjacent to an activating group) is 2. The van der Waals surface area contributed by atoms with Gasteiger partial charge in [0.2, 0.25) is 0 Å². The maximum Gasteiger partial charge on any atom is 0.194 e. The number of para-hydroxylation sites is 1. The Labute approximate surface area is 156 Å². The van der Waals surface area contributed by atoms with Gasteiger partial charge in [-0.25, -0.2) is 0 Å². The summed E-state index contributed by atoms with van der Waals surface area (Å²) in [6, 6.07) is 9.93. The third-order valence-corrected chi connectivity index (χ3v) is 9.67. The molecule has 1 aromatic carbocycles. The van der Waals surface area contributed by atoms with Crippen molar-refractivity contribution in [2.45, 2.75) is 69.0 Å². The standard InChI is InChI=1S/C22H31N2O2/c1-4-12-13-10-16-19-22(14-8-6-7-9-15(14)23(19)3)11-17(18(13)20(22)25)24(16,5-2)21(12)26/h6-9,12-13,16-21,25-26H,4-5,10-11H2,1-3H3/q+1/t12-,13-,16-,17-,18+,19-,20-,21+,22-,24?/m0/s1. The van der Waals surface area contributed by atoms with Crippen molar-refractivity contribution in [3.8, 4) is 0 Å². The molecule has 1 unspecified atom stereocenters. The molecule has 5 aliphatic heterocycles. The number of hydrogen-bond acceptors (Lipinski definition) is 3. The van der Waals surface area contributed by atoms with E-state index in [1.807, 2.05) is 0 Å². The summed E-state index contributed by atoms with van der Waals surface area (Å²) < 4.78 is 0.849. The van der Waals surface area contributed by atoms with Gasteiger partial charge in [0.25, 0.3) is 0 Å². The van der Waals surface area contributed by atoms with E-state index in [4.69, 9.17) is 0 Å². The summed E-state index contributed by atoms with van der Waals surface area (Å²) in [5.41, 5.74) is 2.55. The van der Waals surface area contributed by atoms with E-state index in [-0.39, 0.29) is 17.7 Å². The van der Waals surface area contributed by atoms with Crippen LogP contribution in [0.25, 0.3) is 0 Å². The summed E-state index contributed by atoms with van der Waals surface area (Å²) in [7, 11) is 2.22. The summed E-state index contributed by atoms with van der Waals surface area (Å²) in [5, 5.41) is 23.4. The average molecular weight is 356 g/mol. The lowest BCUT2D eigenvalue weighted by molar-refractivity contribution is -1.04. The molecule has 1 aliphatic carbocycles. The molecule has 26 heavy (non-hydrogen) atoms. The van der Waals surface area contributed by atoms with E-state index in [2.05, 4.69) is 50.1 Å². The van der Waals surface area contributed by atoms with Crippen LogP contribution in [0.15, 0.2) is 24.3 Å². The molecule has 1 saturated carbocycles. The number of hydrogen-bond donors (Lipinski definition) is 2. The smallest absolute Gasteiger partial charge is 0.194 e. The number of aliphatic hydroxyl groups is 2. The fraction of sp³-hybridized carbons (Fsp3) is 0.727. The van der Waals surface area contributed by atoms with E-state index < -0.39 is 0 Å². The van der Waals surface area contributed by atoms with Crippen molar-refractivity contribution in [1.29, 1.82) is 0 Å². The molecule has 5 heterocycles. The van der Waals surface area contributed by atoms with Crippen molar-refractivity contribution in [3.63, 3.8) is 0 Å². The molecule has 2 N–H and O–H groups in total. The molecule has 5 bridgehead atoms. The number of rotatable bonds is 2. The zero-order valence-corrected chi connectivity index (χ0v) is 16.0. The zero-order valence-electron chi connectivity index (χ0n) is 16.0. The van der Waals surface area contributed by atoms with Gasteiger partial charge >= 0.3 is 0 Å². The molecule has 7 rings (SSSR count). The van der Waals surface area contributed by atoms with E-state index in [0.717, 1.165) is 23.9 Å². The van der Waals surface area contributed by atoms with Crippen molar-refractivity contribution >= 4 is 5.69 Å². The Bertz CT molecular complexity index is 783. The van der Waals surface area contributed by atoms with Gasteiger partial charge < -0.3 is 15.1 Å². The van der Waals surface area contributed by atoms with Gasteiger partial charge in [-0.3, -0.25) is 4.48 Å². The van der Waals surface area contributed by atoms with E-state index in [0.29, 0.717) is 35.9 Å². The summed E-state index contributed by atoms with van der Waals surface area (Å²) >= 11 is 0. The zero-order chi connectivity index (χ0) is 18.0. The minimum absolute atomic E-state index is 0.126. The van der Waals surface area contributed by atoms with Crippen LogP contribution in [0.3, 0.4) is 0 Å². The maximum atomic E-state index is 11.8. The van der Waals surface area contributed by atoms with Gasteiger partial charge in [-0.05, 0) is 30.9 Å². The average Bonchev–Trinajstić information content (AvgIpc) is 3.04. The predicted molar refractivity (Wildman–Crippen MR) is 101 cm³/mol. The van der Waals surface area contributed by atoms with Crippen molar-refractivity contribution in [2.24, 2.45) is 17.8 Å². The van der Waals surface area contributed by atoms with Crippen LogP contribution >= 0.6 is 0 Å². The quantitative estimate of drug-likeness (QED) is 0.799. The van der Waals surface area contributed by atoms with E-state index in [1.165, 1.54) is 17.7 Å². The molecule has 1 spiro atoms. The maximum absolute atomic E-state index is 11.8. The van der Waals surface area contributed by atoms with Crippen molar-refractivity contribution in [3.05, 3.63) is 29.8 Å². The minimum atomic E-state index is -0.272. The number of aliphatic hydroxyl groups excluding tert-OH is 2. The largest absolute Gasteiger partial charge is 0.392 e. The van der Waals surface area contributed by atoms with Gasteiger partial charge in [0, 0.05) is 37.4 Å². The van der Waals surface area contributed by atoms with Crippen LogP contribution in [-0.2, 0) is 5.41 Å². The van der Waals surface area contributed by atoms with E-state index in [1.54, 1.807) is 0 Å². The SMILES string of the molecule is CC[C@H]1[C@@H]2C[C@H]3[C@@H]4N(C)c5ccccc5[C@@]45C[C@@H]([C@@H]2[C@@H]5O)[N+]3(CC)[C@@H]1O. The van der Waals surface area contributed by atoms with Gasteiger partial charge in [0.15, 0.2) is 6.23 Å². The molecule has 5 fully saturated rings. The lowest BCUT2D eigenvalue weighted by atomic mass is 9.60. The first-order valence-electron chi connectivity index (χ1n) is 10.6. The molecule has 0 amide bonds. The molecule has 1 aromatic rings. The molecular weight excluding hydrogens is 324 g/mol. The number of piperidine rings is 4. The van der Waals surface area contributed by atoms with Gasteiger partial charge in [-0.15, -0.1) is 0 Å². The molecule has 4 heteroatoms. The molecule has 0 radical (unpaired) electrons. The Hall–Kier alpha value is -1.10. The Balaban J connectivity index is 1.63. The van der Waals surface area contributed by atoms with Crippen LogP contribution in [0.2, 0.25) is 0 Å². The first-order chi connectivity index (χ1) is 12.5. The fourth-order valence-corrected chi connectivity index (χ4v) is 9.03. The topological polar surface area (TPSA) is 43.7 Å². The highest BCUT2D eigenvalue weighted by Crippen LogP contribution is 2.71. The summed E-state index contributed by atoms with van der Waals surface area (Å²) in [6.07, 6.45) is 2.71. The van der Waals surface area contributed by atoms with Crippen LogP contribution in [0, 0.1) is 17.8 Å². The van der Waals surface area contributed by atoms with Crippen molar-refractivity contribution < 1.29 is 14.7 Å². The van der Waals surface area contributed by atoms with Gasteiger partial charge in [0.1, 0.15) is 6.04 Å². The molecule has 0 aromatic heterocycles. The highest BCUT2D eigenvalue weighted by atomic mass is 16.3. The summed E-state index contributed by atoms with van der Waals surface area (Å²) in [4.78, 5) is 2.46. The van der Waals surface area contributed by atoms with Crippen LogP contribution in [0.4, 0.5) is 5.69 Å². The number of fused-ring (bicyclic) bond motifs is 2. The first kappa shape index (κ1) is 15.9. The van der Waals surface area contributed by atoms with Gasteiger partial charge in [-0.2, -0.15) is 0 Å². The Kier molecular flexibility index (Phi) is 2.85. The monoisotopic (exact) mass is 355 g/mol. The molecular formula is C22H31N2O2+. The number of benzene rings is 1. The second kappa shape index (κ2) is 4.65. The molecule has 140 valence electrons. The van der Waals surface area contributed by atoms with Crippen LogP contribution in [-0.4, -0.2) is 58.7 Å². The fourth-order valence-electron chi connectivity index (χ4n) is 9.03. The second-order valence-corrected chi connectivity index (χ2v) is 9.67. The highest BCUT2D eigenvalue weighted by Gasteiger charge is 2.82. The number of quaternary nitrogens is 1. The van der Waals surface area contributed by atoms with Gasteiger partial charge in [-0.1, -0.05) is 25.1 Å². The molecule has 6 aliphatic rings. The van der Waals surface area contributed by atoms with Crippen molar-refractivity contribution in [1.82, 2.24) is 0 Å².